The third-order valence-electron chi connectivity index (χ3n) is 3.20. The summed E-state index contributed by atoms with van der Waals surface area (Å²) < 4.78 is 5.21. The molecule has 0 spiro atoms. The molecule has 1 aromatic rings. The van der Waals surface area contributed by atoms with Crippen LogP contribution in [0, 0.1) is 0 Å². The smallest absolute Gasteiger partial charge is 0.335 e. The third kappa shape index (κ3) is 2.61. The summed E-state index contributed by atoms with van der Waals surface area (Å²) in [5.41, 5.74) is 0.775. The fourth-order valence-electron chi connectivity index (χ4n) is 2.43. The molecule has 1 saturated heterocycles. The first kappa shape index (κ1) is 13.5. The van der Waals surface area contributed by atoms with Gasteiger partial charge in [0.15, 0.2) is 6.10 Å². The highest BCUT2D eigenvalue weighted by Gasteiger charge is 2.42. The van der Waals surface area contributed by atoms with Crippen LogP contribution >= 0.6 is 0 Å². The molecule has 2 rings (SSSR count). The lowest BCUT2D eigenvalue weighted by molar-refractivity contribution is -0.175. The molecular weight excluding hydrogens is 246 g/mol. The van der Waals surface area contributed by atoms with Gasteiger partial charge in [-0.2, -0.15) is 0 Å². The van der Waals surface area contributed by atoms with E-state index in [4.69, 9.17) is 4.74 Å². The average molecular weight is 263 g/mol. The largest absolute Gasteiger partial charge is 0.479 e. The van der Waals surface area contributed by atoms with Crippen molar-refractivity contribution in [3.05, 3.63) is 35.9 Å². The van der Waals surface area contributed by atoms with Crippen LogP contribution in [-0.4, -0.2) is 40.6 Å². The molecule has 0 unspecified atom stereocenters. The van der Waals surface area contributed by atoms with Gasteiger partial charge in [-0.3, -0.25) is 4.79 Å². The van der Waals surface area contributed by atoms with E-state index in [0.717, 1.165) is 5.56 Å². The van der Waals surface area contributed by atoms with Crippen LogP contribution in [0.3, 0.4) is 0 Å². The molecule has 1 aliphatic rings. The van der Waals surface area contributed by atoms with E-state index in [9.17, 15) is 14.7 Å². The van der Waals surface area contributed by atoms with Crippen molar-refractivity contribution in [1.29, 1.82) is 0 Å². The Bertz CT molecular complexity index is 472. The minimum absolute atomic E-state index is 0.0801. The standard InChI is InChI=1S/C14H17NO4/c1-9(2)15-11(16)8-19-13(14(17)18)12(15)10-6-4-3-5-7-10/h3-7,9,12-13H,8H2,1-2H3,(H,17,18)/t12-,13+/m1/s1. The number of hydrogen-bond acceptors (Lipinski definition) is 3. The molecule has 1 aliphatic heterocycles. The quantitative estimate of drug-likeness (QED) is 0.896. The van der Waals surface area contributed by atoms with Crippen LogP contribution in [0.2, 0.25) is 0 Å². The summed E-state index contributed by atoms with van der Waals surface area (Å²) in [7, 11) is 0. The first-order valence-corrected chi connectivity index (χ1v) is 6.23. The second-order valence-electron chi connectivity index (χ2n) is 4.82. The van der Waals surface area contributed by atoms with Crippen LogP contribution in [0.1, 0.15) is 25.5 Å². The van der Waals surface area contributed by atoms with Gasteiger partial charge < -0.3 is 14.7 Å². The first-order chi connectivity index (χ1) is 9.02. The van der Waals surface area contributed by atoms with E-state index in [1.165, 1.54) is 0 Å². The Morgan fingerprint density at radius 3 is 2.53 bits per heavy atom. The number of hydrogen-bond donors (Lipinski definition) is 1. The second kappa shape index (κ2) is 5.40. The van der Waals surface area contributed by atoms with E-state index in [-0.39, 0.29) is 18.6 Å². The van der Waals surface area contributed by atoms with Crippen molar-refractivity contribution < 1.29 is 19.4 Å². The summed E-state index contributed by atoms with van der Waals surface area (Å²) in [5, 5.41) is 9.29. The lowest BCUT2D eigenvalue weighted by atomic mass is 9.96. The molecule has 5 nitrogen and oxygen atoms in total. The Balaban J connectivity index is 2.44. The van der Waals surface area contributed by atoms with Gasteiger partial charge in [0.1, 0.15) is 6.61 Å². The second-order valence-corrected chi connectivity index (χ2v) is 4.82. The topological polar surface area (TPSA) is 66.8 Å². The SMILES string of the molecule is CC(C)N1C(=O)CO[C@H](C(=O)O)[C@H]1c1ccccc1. The molecule has 1 aromatic carbocycles. The number of morpholine rings is 1. The van der Waals surface area contributed by atoms with Crippen LogP contribution in [0.4, 0.5) is 0 Å². The van der Waals surface area contributed by atoms with E-state index < -0.39 is 18.1 Å². The van der Waals surface area contributed by atoms with Gasteiger partial charge >= 0.3 is 5.97 Å². The zero-order valence-corrected chi connectivity index (χ0v) is 10.9. The zero-order valence-electron chi connectivity index (χ0n) is 10.9. The van der Waals surface area contributed by atoms with Crippen molar-refractivity contribution in [2.24, 2.45) is 0 Å². The van der Waals surface area contributed by atoms with Gasteiger partial charge in [0.05, 0.1) is 6.04 Å². The zero-order chi connectivity index (χ0) is 14.0. The number of aliphatic carboxylic acids is 1. The molecular formula is C14H17NO4. The minimum Gasteiger partial charge on any atom is -0.479 e. The van der Waals surface area contributed by atoms with E-state index in [1.807, 2.05) is 44.2 Å². The summed E-state index contributed by atoms with van der Waals surface area (Å²) in [5.74, 6) is -1.23. The van der Waals surface area contributed by atoms with Gasteiger partial charge in [-0.05, 0) is 19.4 Å². The maximum atomic E-state index is 12.0. The number of carbonyl (C=O) groups is 2. The summed E-state index contributed by atoms with van der Waals surface area (Å²) in [6, 6.07) is 8.47. The highest BCUT2D eigenvalue weighted by Crippen LogP contribution is 2.31. The van der Waals surface area contributed by atoms with Gasteiger partial charge in [0, 0.05) is 6.04 Å². The van der Waals surface area contributed by atoms with Gasteiger partial charge in [-0.15, -0.1) is 0 Å². The van der Waals surface area contributed by atoms with Gasteiger partial charge in [0.2, 0.25) is 5.91 Å². The number of ether oxygens (including phenoxy) is 1. The van der Waals surface area contributed by atoms with Crippen LogP contribution in [-0.2, 0) is 14.3 Å². The molecule has 2 atom stereocenters. The monoisotopic (exact) mass is 263 g/mol. The maximum absolute atomic E-state index is 12.0. The molecule has 0 saturated carbocycles. The Morgan fingerprint density at radius 2 is 2.00 bits per heavy atom. The maximum Gasteiger partial charge on any atom is 0.335 e. The first-order valence-electron chi connectivity index (χ1n) is 6.23. The molecule has 0 radical (unpaired) electrons. The molecule has 1 N–H and O–H groups in total. The van der Waals surface area contributed by atoms with Crippen molar-refractivity contribution in [2.45, 2.75) is 32.0 Å². The van der Waals surface area contributed by atoms with Crippen molar-refractivity contribution in [3.8, 4) is 0 Å². The van der Waals surface area contributed by atoms with E-state index in [1.54, 1.807) is 4.90 Å². The molecule has 19 heavy (non-hydrogen) atoms. The van der Waals surface area contributed by atoms with Crippen molar-refractivity contribution >= 4 is 11.9 Å². The number of rotatable bonds is 3. The fraction of sp³-hybridized carbons (Fsp3) is 0.429. The Kier molecular flexibility index (Phi) is 3.85. The fourth-order valence-corrected chi connectivity index (χ4v) is 2.43. The van der Waals surface area contributed by atoms with Crippen molar-refractivity contribution in [1.82, 2.24) is 4.90 Å². The Morgan fingerprint density at radius 1 is 1.37 bits per heavy atom. The van der Waals surface area contributed by atoms with Crippen molar-refractivity contribution in [2.75, 3.05) is 6.61 Å². The molecule has 1 heterocycles. The molecule has 0 aromatic heterocycles. The number of benzene rings is 1. The number of nitrogens with zero attached hydrogens (tertiary/aromatic N) is 1. The Hall–Kier alpha value is -1.88. The normalized spacial score (nSPS) is 23.7. The summed E-state index contributed by atoms with van der Waals surface area (Å²) in [6.07, 6.45) is -1.03. The number of amides is 1. The van der Waals surface area contributed by atoms with Crippen molar-refractivity contribution in [3.63, 3.8) is 0 Å². The third-order valence-corrected chi connectivity index (χ3v) is 3.20. The predicted octanol–water partition coefficient (Wildman–Crippen LogP) is 1.45. The summed E-state index contributed by atoms with van der Waals surface area (Å²) >= 11 is 0. The van der Waals surface area contributed by atoms with Gasteiger partial charge in [-0.25, -0.2) is 4.79 Å². The summed E-state index contributed by atoms with van der Waals surface area (Å²) in [6.45, 7) is 3.56. The molecule has 0 bridgehead atoms. The number of carbonyl (C=O) groups excluding carboxylic acids is 1. The van der Waals surface area contributed by atoms with Gasteiger partial charge in [0.25, 0.3) is 0 Å². The van der Waals surface area contributed by atoms with E-state index >= 15 is 0 Å². The predicted molar refractivity (Wildman–Crippen MR) is 68.5 cm³/mol. The molecule has 5 heteroatoms. The Labute approximate surface area is 111 Å². The number of carboxylic acid groups (broad SMARTS) is 1. The summed E-state index contributed by atoms with van der Waals surface area (Å²) in [4.78, 5) is 24.9. The molecule has 1 fully saturated rings. The van der Waals surface area contributed by atoms with Crippen LogP contribution in [0.15, 0.2) is 30.3 Å². The highest BCUT2D eigenvalue weighted by molar-refractivity contribution is 5.83. The average Bonchev–Trinajstić information content (AvgIpc) is 2.38. The van der Waals surface area contributed by atoms with Crippen LogP contribution in [0.25, 0.3) is 0 Å². The highest BCUT2D eigenvalue weighted by atomic mass is 16.5. The lowest BCUT2D eigenvalue weighted by Crippen LogP contribution is -2.54. The van der Waals surface area contributed by atoms with E-state index in [2.05, 4.69) is 0 Å². The number of carboxylic acids is 1. The lowest BCUT2D eigenvalue weighted by Gasteiger charge is -2.41. The van der Waals surface area contributed by atoms with Gasteiger partial charge in [-0.1, -0.05) is 30.3 Å². The van der Waals surface area contributed by atoms with E-state index in [0.29, 0.717) is 0 Å². The molecule has 0 aliphatic carbocycles. The molecule has 102 valence electrons. The van der Waals surface area contributed by atoms with Crippen LogP contribution in [0.5, 0.6) is 0 Å². The minimum atomic E-state index is -1.05. The molecule has 1 amide bonds. The van der Waals surface area contributed by atoms with Crippen LogP contribution < -0.4 is 0 Å².